The molecule has 0 spiro atoms. The van der Waals surface area contributed by atoms with Crippen molar-refractivity contribution >= 4 is 11.4 Å². The molecule has 0 radical (unpaired) electrons. The molecule has 2 aliphatic heterocycles. The zero-order chi connectivity index (χ0) is 12.8. The van der Waals surface area contributed by atoms with Crippen molar-refractivity contribution in [1.82, 2.24) is 0 Å². The van der Waals surface area contributed by atoms with Gasteiger partial charge >= 0.3 is 0 Å². The molecule has 2 heterocycles. The second kappa shape index (κ2) is 4.02. The van der Waals surface area contributed by atoms with Gasteiger partial charge in [0.15, 0.2) is 0 Å². The lowest BCUT2D eigenvalue weighted by Gasteiger charge is -2.29. The predicted molar refractivity (Wildman–Crippen MR) is 79.3 cm³/mol. The normalized spacial score (nSPS) is 17.1. The van der Waals surface area contributed by atoms with Gasteiger partial charge in [-0.2, -0.15) is 0 Å². The summed E-state index contributed by atoms with van der Waals surface area (Å²) in [7, 11) is 0. The second-order valence-electron chi connectivity index (χ2n) is 5.40. The van der Waals surface area contributed by atoms with Crippen molar-refractivity contribution in [1.29, 1.82) is 0 Å². The molecular weight excluding hydrogens is 232 g/mol. The summed E-state index contributed by atoms with van der Waals surface area (Å²) in [4.78, 5) is 5.11. The summed E-state index contributed by atoms with van der Waals surface area (Å²) in [5, 5.41) is 0. The topological polar surface area (TPSA) is 6.48 Å². The zero-order valence-electron chi connectivity index (χ0n) is 11.2. The Hall–Kier alpha value is -1.96. The molecule has 2 aliphatic rings. The lowest BCUT2D eigenvalue weighted by molar-refractivity contribution is 0.576. The van der Waals surface area contributed by atoms with E-state index in [1.807, 2.05) is 0 Å². The Morgan fingerprint density at radius 2 is 1.32 bits per heavy atom. The Kier molecular flexibility index (Phi) is 2.31. The quantitative estimate of drug-likeness (QED) is 0.760. The Labute approximate surface area is 114 Å². The number of rotatable bonds is 1. The molecule has 2 aromatic rings. The minimum Gasteiger partial charge on any atom is -0.345 e. The molecular formula is C17H18N2. The van der Waals surface area contributed by atoms with Crippen molar-refractivity contribution in [3.63, 3.8) is 0 Å². The van der Waals surface area contributed by atoms with Crippen molar-refractivity contribution in [3.8, 4) is 0 Å². The van der Waals surface area contributed by atoms with Gasteiger partial charge in [-0.3, -0.25) is 0 Å². The van der Waals surface area contributed by atoms with Crippen LogP contribution in [0.1, 0.15) is 24.5 Å². The van der Waals surface area contributed by atoms with Crippen LogP contribution < -0.4 is 9.80 Å². The molecule has 2 nitrogen and oxygen atoms in total. The van der Waals surface area contributed by atoms with Crippen molar-refractivity contribution in [2.75, 3.05) is 9.80 Å². The van der Waals surface area contributed by atoms with E-state index in [-0.39, 0.29) is 0 Å². The van der Waals surface area contributed by atoms with E-state index in [2.05, 4.69) is 65.3 Å². The molecule has 19 heavy (non-hydrogen) atoms. The van der Waals surface area contributed by atoms with E-state index in [4.69, 9.17) is 0 Å². The maximum atomic E-state index is 2.56. The number of hydrogen-bond donors (Lipinski definition) is 0. The molecule has 0 aromatic heterocycles. The maximum absolute atomic E-state index is 2.56. The molecule has 0 unspecified atom stereocenters. The largest absolute Gasteiger partial charge is 0.345 e. The Morgan fingerprint density at radius 3 is 1.79 bits per heavy atom. The Bertz CT molecular complexity index is 568. The van der Waals surface area contributed by atoms with Crippen molar-refractivity contribution in [2.24, 2.45) is 0 Å². The fourth-order valence-electron chi connectivity index (χ4n) is 3.49. The van der Waals surface area contributed by atoms with E-state index in [1.165, 1.54) is 22.5 Å². The molecule has 0 saturated heterocycles. The van der Waals surface area contributed by atoms with Gasteiger partial charge in [-0.25, -0.2) is 0 Å². The molecule has 96 valence electrons. The zero-order valence-corrected chi connectivity index (χ0v) is 11.2. The number of fused-ring (bicyclic) bond motifs is 6. The van der Waals surface area contributed by atoms with Crippen molar-refractivity contribution in [2.45, 2.75) is 32.6 Å². The Morgan fingerprint density at radius 1 is 0.842 bits per heavy atom. The highest BCUT2D eigenvalue weighted by Gasteiger charge is 2.36. The maximum Gasteiger partial charge on any atom is 0.102 e. The first kappa shape index (κ1) is 10.9. The molecule has 0 fully saturated rings. The van der Waals surface area contributed by atoms with Crippen LogP contribution >= 0.6 is 0 Å². The summed E-state index contributed by atoms with van der Waals surface area (Å²) in [5.41, 5.74) is 5.73. The third-order valence-electron chi connectivity index (χ3n) is 4.39. The van der Waals surface area contributed by atoms with Crippen LogP contribution in [-0.4, -0.2) is 6.17 Å². The molecule has 0 saturated carbocycles. The molecule has 2 heteroatoms. The summed E-state index contributed by atoms with van der Waals surface area (Å²) in [5.74, 6) is 0. The van der Waals surface area contributed by atoms with E-state index in [0.29, 0.717) is 6.17 Å². The number of benzene rings is 2. The number of para-hydroxylation sites is 2. The Balaban J connectivity index is 1.88. The van der Waals surface area contributed by atoms with Crippen LogP contribution in [0, 0.1) is 0 Å². The first-order chi connectivity index (χ1) is 9.38. The van der Waals surface area contributed by atoms with Gasteiger partial charge in [-0.15, -0.1) is 0 Å². The van der Waals surface area contributed by atoms with Gasteiger partial charge in [-0.1, -0.05) is 43.3 Å². The van der Waals surface area contributed by atoms with Crippen LogP contribution in [0.15, 0.2) is 48.5 Å². The van der Waals surface area contributed by atoms with Crippen LogP contribution in [0.2, 0.25) is 0 Å². The summed E-state index contributed by atoms with van der Waals surface area (Å²) in [6.45, 7) is 4.34. The van der Waals surface area contributed by atoms with Gasteiger partial charge < -0.3 is 9.80 Å². The van der Waals surface area contributed by atoms with Gasteiger partial charge in [-0.05, 0) is 29.7 Å². The first-order valence-electron chi connectivity index (χ1n) is 7.07. The number of anilines is 2. The van der Waals surface area contributed by atoms with Gasteiger partial charge in [0, 0.05) is 13.1 Å². The molecule has 0 amide bonds. The third kappa shape index (κ3) is 1.49. The van der Waals surface area contributed by atoms with E-state index < -0.39 is 0 Å². The third-order valence-corrected chi connectivity index (χ3v) is 4.39. The van der Waals surface area contributed by atoms with E-state index in [9.17, 15) is 0 Å². The average Bonchev–Trinajstić information content (AvgIpc) is 2.64. The second-order valence-corrected chi connectivity index (χ2v) is 5.40. The molecule has 0 aliphatic carbocycles. The number of nitrogens with zero attached hydrogens (tertiary/aromatic N) is 2. The van der Waals surface area contributed by atoms with Crippen LogP contribution in [0.4, 0.5) is 11.4 Å². The minimum absolute atomic E-state index is 0.504. The average molecular weight is 250 g/mol. The van der Waals surface area contributed by atoms with Gasteiger partial charge in [0.05, 0.1) is 11.4 Å². The highest BCUT2D eigenvalue weighted by molar-refractivity contribution is 5.78. The van der Waals surface area contributed by atoms with Gasteiger partial charge in [0.25, 0.3) is 0 Å². The summed E-state index contributed by atoms with van der Waals surface area (Å²) < 4.78 is 0. The van der Waals surface area contributed by atoms with Crippen LogP contribution in [-0.2, 0) is 13.1 Å². The van der Waals surface area contributed by atoms with Gasteiger partial charge in [0.2, 0.25) is 0 Å². The lowest BCUT2D eigenvalue weighted by atomic mass is 10.1. The standard InChI is InChI=1S/C17H18N2/c1-2-17-18-11-13-7-3-4-8-14(13)12-19(17)16-10-6-5-9-15(16)18/h3-10,17H,2,11-12H2,1H3. The van der Waals surface area contributed by atoms with Crippen LogP contribution in [0.25, 0.3) is 0 Å². The summed E-state index contributed by atoms with van der Waals surface area (Å²) in [6.07, 6.45) is 1.66. The fraction of sp³-hybridized carbons (Fsp3) is 0.294. The molecule has 2 aromatic carbocycles. The summed E-state index contributed by atoms with van der Waals surface area (Å²) >= 11 is 0. The minimum atomic E-state index is 0.504. The first-order valence-corrected chi connectivity index (χ1v) is 7.07. The molecule has 4 rings (SSSR count). The summed E-state index contributed by atoms with van der Waals surface area (Å²) in [6, 6.07) is 17.7. The lowest BCUT2D eigenvalue weighted by Crippen LogP contribution is -2.39. The molecule has 0 atom stereocenters. The fourth-order valence-corrected chi connectivity index (χ4v) is 3.49. The van der Waals surface area contributed by atoms with Crippen molar-refractivity contribution in [3.05, 3.63) is 59.7 Å². The smallest absolute Gasteiger partial charge is 0.102 e. The SMILES string of the molecule is CCC1N2Cc3ccccc3CN1c1ccccc12. The van der Waals surface area contributed by atoms with E-state index in [0.717, 1.165) is 19.5 Å². The van der Waals surface area contributed by atoms with Crippen molar-refractivity contribution < 1.29 is 0 Å². The van der Waals surface area contributed by atoms with E-state index >= 15 is 0 Å². The predicted octanol–water partition coefficient (Wildman–Crippen LogP) is 3.76. The number of hydrogen-bond acceptors (Lipinski definition) is 2. The highest BCUT2D eigenvalue weighted by Crippen LogP contribution is 2.44. The van der Waals surface area contributed by atoms with Crippen LogP contribution in [0.3, 0.4) is 0 Å². The highest BCUT2D eigenvalue weighted by atomic mass is 15.4. The van der Waals surface area contributed by atoms with Gasteiger partial charge in [0.1, 0.15) is 6.17 Å². The molecule has 2 bridgehead atoms. The van der Waals surface area contributed by atoms with E-state index in [1.54, 1.807) is 0 Å². The monoisotopic (exact) mass is 250 g/mol. The molecule has 0 N–H and O–H groups in total. The van der Waals surface area contributed by atoms with Crippen LogP contribution in [0.5, 0.6) is 0 Å².